The van der Waals surface area contributed by atoms with E-state index in [9.17, 15) is 18.0 Å². The molecule has 9 heteroatoms. The number of nitrogens with zero attached hydrogens (tertiary/aromatic N) is 4. The summed E-state index contributed by atoms with van der Waals surface area (Å²) < 4.78 is 25.3. The first-order chi connectivity index (χ1) is 15.2. The Morgan fingerprint density at radius 2 is 1.75 bits per heavy atom. The van der Waals surface area contributed by atoms with Gasteiger partial charge in [-0.2, -0.15) is 5.10 Å². The topological polar surface area (TPSA) is 92.6 Å². The van der Waals surface area contributed by atoms with Crippen molar-refractivity contribution in [2.45, 2.75) is 51.6 Å². The zero-order valence-corrected chi connectivity index (χ0v) is 19.2. The molecule has 2 aliphatic heterocycles. The van der Waals surface area contributed by atoms with Gasteiger partial charge < -0.3 is 9.80 Å². The van der Waals surface area contributed by atoms with E-state index in [2.05, 4.69) is 5.10 Å². The molecule has 0 N–H and O–H groups in total. The predicted molar refractivity (Wildman–Crippen MR) is 122 cm³/mol. The molecule has 1 saturated heterocycles. The second-order valence-corrected chi connectivity index (χ2v) is 11.6. The summed E-state index contributed by atoms with van der Waals surface area (Å²) in [5, 5.41) is 4.50. The highest BCUT2D eigenvalue weighted by Gasteiger charge is 2.39. The number of carbonyl (C=O) groups is 2. The Morgan fingerprint density at radius 1 is 1.03 bits per heavy atom. The second-order valence-electron chi connectivity index (χ2n) is 9.26. The van der Waals surface area contributed by atoms with E-state index in [0.29, 0.717) is 19.4 Å². The van der Waals surface area contributed by atoms with Crippen LogP contribution in [-0.2, 0) is 19.4 Å². The molecule has 1 saturated carbocycles. The van der Waals surface area contributed by atoms with Crippen LogP contribution in [0.15, 0.2) is 30.6 Å². The van der Waals surface area contributed by atoms with Gasteiger partial charge in [0, 0.05) is 31.1 Å². The first-order valence-electron chi connectivity index (χ1n) is 11.2. The first-order valence-corrected chi connectivity index (χ1v) is 13.1. The lowest BCUT2D eigenvalue weighted by Crippen LogP contribution is -2.51. The third-order valence-corrected chi connectivity index (χ3v) is 8.49. The van der Waals surface area contributed by atoms with Gasteiger partial charge in [-0.1, -0.05) is 6.07 Å². The second kappa shape index (κ2) is 7.72. The number of anilines is 2. The van der Waals surface area contributed by atoms with Gasteiger partial charge in [-0.25, -0.2) is 8.42 Å². The van der Waals surface area contributed by atoms with E-state index in [0.717, 1.165) is 35.3 Å². The zero-order valence-electron chi connectivity index (χ0n) is 18.4. The maximum Gasteiger partial charge on any atom is 0.230 e. The molecule has 8 nitrogen and oxygen atoms in total. The van der Waals surface area contributed by atoms with Gasteiger partial charge in [0.2, 0.25) is 11.8 Å². The monoisotopic (exact) mass is 456 g/mol. The van der Waals surface area contributed by atoms with Gasteiger partial charge in [0.25, 0.3) is 0 Å². The van der Waals surface area contributed by atoms with E-state index < -0.39 is 9.84 Å². The largest absolute Gasteiger partial charge is 0.308 e. The minimum Gasteiger partial charge on any atom is -0.308 e. The molecule has 1 aromatic heterocycles. The molecule has 1 aliphatic carbocycles. The average Bonchev–Trinajstić information content (AvgIpc) is 3.49. The highest BCUT2D eigenvalue weighted by Crippen LogP contribution is 2.42. The fourth-order valence-electron chi connectivity index (χ4n) is 4.87. The summed E-state index contributed by atoms with van der Waals surface area (Å²) in [6.07, 6.45) is 6.74. The summed E-state index contributed by atoms with van der Waals surface area (Å²) >= 11 is 0. The van der Waals surface area contributed by atoms with Crippen molar-refractivity contribution < 1.29 is 18.0 Å². The van der Waals surface area contributed by atoms with Crippen molar-refractivity contribution in [1.82, 2.24) is 9.78 Å². The molecule has 0 spiro atoms. The van der Waals surface area contributed by atoms with Crippen LogP contribution in [0.4, 0.5) is 11.4 Å². The number of benzene rings is 1. The molecule has 1 atom stereocenters. The molecule has 1 unspecified atom stereocenters. The fraction of sp³-hybridized carbons (Fsp3) is 0.522. The van der Waals surface area contributed by atoms with Crippen LogP contribution >= 0.6 is 0 Å². The van der Waals surface area contributed by atoms with E-state index in [1.54, 1.807) is 18.0 Å². The van der Waals surface area contributed by atoms with Crippen LogP contribution in [-0.4, -0.2) is 54.1 Å². The highest BCUT2D eigenvalue weighted by molar-refractivity contribution is 7.91. The molecule has 3 heterocycles. The summed E-state index contributed by atoms with van der Waals surface area (Å²) in [4.78, 5) is 29.0. The van der Waals surface area contributed by atoms with Gasteiger partial charge in [0.1, 0.15) is 9.84 Å². The quantitative estimate of drug-likeness (QED) is 0.708. The van der Waals surface area contributed by atoms with Crippen LogP contribution in [0.3, 0.4) is 0 Å². The Bertz CT molecular complexity index is 1170. The van der Waals surface area contributed by atoms with Gasteiger partial charge in [0.15, 0.2) is 0 Å². The summed E-state index contributed by atoms with van der Waals surface area (Å²) in [6, 6.07) is 5.84. The van der Waals surface area contributed by atoms with Gasteiger partial charge in [-0.15, -0.1) is 0 Å². The molecule has 32 heavy (non-hydrogen) atoms. The van der Waals surface area contributed by atoms with E-state index in [-0.39, 0.29) is 41.3 Å². The maximum absolute atomic E-state index is 13.0. The lowest BCUT2D eigenvalue weighted by molar-refractivity contribution is -0.120. The normalized spacial score (nSPS) is 23.1. The van der Waals surface area contributed by atoms with Crippen molar-refractivity contribution >= 4 is 33.0 Å². The number of aromatic nitrogens is 2. The van der Waals surface area contributed by atoms with Crippen LogP contribution < -0.4 is 9.80 Å². The average molecular weight is 457 g/mol. The van der Waals surface area contributed by atoms with E-state index in [4.69, 9.17) is 0 Å². The fourth-order valence-corrected chi connectivity index (χ4v) is 6.34. The number of hydrogen-bond acceptors (Lipinski definition) is 5. The first kappa shape index (κ1) is 21.2. The van der Waals surface area contributed by atoms with Gasteiger partial charge in [-0.05, 0) is 50.3 Å². The third-order valence-electron chi connectivity index (χ3n) is 6.78. The van der Waals surface area contributed by atoms with Gasteiger partial charge in [-0.3, -0.25) is 14.3 Å². The van der Waals surface area contributed by atoms with Crippen molar-refractivity contribution in [3.8, 4) is 11.1 Å². The highest BCUT2D eigenvalue weighted by atomic mass is 32.2. The van der Waals surface area contributed by atoms with Crippen LogP contribution in [0.5, 0.6) is 0 Å². The SMILES string of the molecule is CC(=O)N1c2ccc(-c3cnn(C4CCS(=O)(=O)CC4)c3)cc2N(C(=O)C2CC2)CC1C. The molecular weight excluding hydrogens is 428 g/mol. The number of hydrogen-bond donors (Lipinski definition) is 0. The van der Waals surface area contributed by atoms with Crippen LogP contribution in [0, 0.1) is 5.92 Å². The Labute approximate surface area is 188 Å². The minimum absolute atomic E-state index is 0.0370. The Morgan fingerprint density at radius 3 is 2.41 bits per heavy atom. The van der Waals surface area contributed by atoms with Crippen molar-refractivity contribution in [3.05, 3.63) is 30.6 Å². The number of fused-ring (bicyclic) bond motifs is 1. The Balaban J connectivity index is 1.48. The van der Waals surface area contributed by atoms with Crippen LogP contribution in [0.2, 0.25) is 0 Å². The number of rotatable bonds is 3. The van der Waals surface area contributed by atoms with E-state index in [1.807, 2.05) is 40.9 Å². The summed E-state index contributed by atoms with van der Waals surface area (Å²) in [5.41, 5.74) is 3.36. The predicted octanol–water partition coefficient (Wildman–Crippen LogP) is 2.80. The van der Waals surface area contributed by atoms with Gasteiger partial charge in [0.05, 0.1) is 41.2 Å². The number of sulfone groups is 1. The molecule has 170 valence electrons. The van der Waals surface area contributed by atoms with Crippen molar-refractivity contribution in [2.24, 2.45) is 5.92 Å². The lowest BCUT2D eigenvalue weighted by Gasteiger charge is -2.41. The molecule has 2 fully saturated rings. The third kappa shape index (κ3) is 3.83. The molecule has 5 rings (SSSR count). The smallest absolute Gasteiger partial charge is 0.230 e. The molecule has 3 aliphatic rings. The molecule has 0 bridgehead atoms. The van der Waals surface area contributed by atoms with Crippen molar-refractivity contribution in [3.63, 3.8) is 0 Å². The lowest BCUT2D eigenvalue weighted by atomic mass is 10.0. The van der Waals surface area contributed by atoms with Crippen molar-refractivity contribution in [2.75, 3.05) is 27.9 Å². The minimum atomic E-state index is -2.92. The van der Waals surface area contributed by atoms with Gasteiger partial charge >= 0.3 is 0 Å². The summed E-state index contributed by atoms with van der Waals surface area (Å²) in [5.74, 6) is 0.585. The maximum atomic E-state index is 13.0. The van der Waals surface area contributed by atoms with E-state index in [1.165, 1.54) is 0 Å². The number of carbonyl (C=O) groups excluding carboxylic acids is 2. The van der Waals surface area contributed by atoms with Crippen LogP contribution in [0.25, 0.3) is 11.1 Å². The zero-order chi connectivity index (χ0) is 22.6. The van der Waals surface area contributed by atoms with Crippen LogP contribution in [0.1, 0.15) is 45.6 Å². The Hall–Kier alpha value is -2.68. The molecule has 1 aromatic carbocycles. The molecule has 0 radical (unpaired) electrons. The number of amides is 2. The molecule has 2 amide bonds. The van der Waals surface area contributed by atoms with E-state index >= 15 is 0 Å². The summed E-state index contributed by atoms with van der Waals surface area (Å²) in [7, 11) is -2.92. The molecular formula is C23H28N4O4S. The van der Waals surface area contributed by atoms with Crippen molar-refractivity contribution in [1.29, 1.82) is 0 Å². The standard InChI is InChI=1S/C23H28N4O4S/c1-15-13-25(23(29)17-3-4-17)22-11-18(5-6-21(22)27(15)16(2)28)19-12-24-26(14-19)20-7-9-32(30,31)10-8-20/h5-6,11-12,14-15,17,20H,3-4,7-10,13H2,1-2H3. The summed E-state index contributed by atoms with van der Waals surface area (Å²) in [6.45, 7) is 4.02. The molecule has 2 aromatic rings. The Kier molecular flexibility index (Phi) is 5.11.